The molecule has 46 heavy (non-hydrogen) atoms. The van der Waals surface area contributed by atoms with Gasteiger partial charge in [0, 0.05) is 19.5 Å². The summed E-state index contributed by atoms with van der Waals surface area (Å²) in [6, 6.07) is 44.4. The molecule has 0 N–H and O–H groups in total. The Hall–Kier alpha value is -2.15. The maximum absolute atomic E-state index is 10.7. The van der Waals surface area contributed by atoms with Crippen molar-refractivity contribution in [3.8, 4) is 0 Å². The zero-order valence-electron chi connectivity index (χ0n) is 25.2. The van der Waals surface area contributed by atoms with Crippen LogP contribution >= 0.6 is 23.7 Å². The first-order valence-electron chi connectivity index (χ1n) is 15.0. The molecule has 0 fully saturated rings. The van der Waals surface area contributed by atoms with Crippen LogP contribution in [0.1, 0.15) is 25.7 Å². The third-order valence-electron chi connectivity index (χ3n) is 7.29. The van der Waals surface area contributed by atoms with Gasteiger partial charge in [0.15, 0.2) is 0 Å². The van der Waals surface area contributed by atoms with E-state index < -0.39 is 7.81 Å². The molecule has 2 aliphatic rings. The van der Waals surface area contributed by atoms with Crippen LogP contribution in [-0.4, -0.2) is 12.3 Å². The molecular formula is C36H38F6P3Rh-. The molecule has 0 atom stereocenters. The van der Waals surface area contributed by atoms with Crippen molar-refractivity contribution in [2.24, 2.45) is 11.8 Å². The fraction of sp³-hybridized carbons (Fsp3) is 0.222. The van der Waals surface area contributed by atoms with E-state index in [1.54, 1.807) is 0 Å². The fourth-order valence-corrected chi connectivity index (χ4v) is 10.1. The summed E-state index contributed by atoms with van der Waals surface area (Å²) in [5, 5.41) is 6.00. The van der Waals surface area contributed by atoms with Gasteiger partial charge in [0.2, 0.25) is 0 Å². The molecule has 4 aromatic carbocycles. The van der Waals surface area contributed by atoms with E-state index in [4.69, 9.17) is 0 Å². The van der Waals surface area contributed by atoms with Gasteiger partial charge < -0.3 is 0 Å². The van der Waals surface area contributed by atoms with Crippen LogP contribution in [0, 0.1) is 11.8 Å². The zero-order valence-corrected chi connectivity index (χ0v) is 29.5. The molecule has 6 rings (SSSR count). The summed E-state index contributed by atoms with van der Waals surface area (Å²) >= 11 is 0. The number of halogens is 6. The maximum Gasteiger partial charge on any atom is 0 e. The topological polar surface area (TPSA) is 0 Å². The van der Waals surface area contributed by atoms with Gasteiger partial charge in [0.25, 0.3) is 0 Å². The van der Waals surface area contributed by atoms with Crippen LogP contribution in [0.3, 0.4) is 0 Å². The number of hydrogen-bond donors (Lipinski definition) is 0. The number of allylic oxidation sites excluding steroid dienone is 4. The summed E-state index contributed by atoms with van der Waals surface area (Å²) in [5.41, 5.74) is 0. The summed E-state index contributed by atoms with van der Waals surface area (Å²) in [6.45, 7) is 0. The summed E-state index contributed by atoms with van der Waals surface area (Å²) < 4.78 is 59.2. The molecule has 0 aliphatic heterocycles. The standard InChI is InChI=1S/C29H30P2.C7H8.F6P.Rh/c1-6-16-26(17-7-1)30(27-18-8-2-9-19-27)24-14-5-15-25-31(28-20-10-3-11-21-28)29-22-12-4-13-23-29;1-2-7-4-3-6(1)5-7;1-7(2,3,4,5)6;/h1-4,6-13,16-23H,5,14-15,24-25H2;1-4,6-7H,5H2;;/q;;-1;. The van der Waals surface area contributed by atoms with E-state index in [1.807, 2.05) is 0 Å². The van der Waals surface area contributed by atoms with Crippen molar-refractivity contribution >= 4 is 44.9 Å². The average molecular weight is 781 g/mol. The molecule has 2 aliphatic carbocycles. The monoisotopic (exact) mass is 780 g/mol. The Labute approximate surface area is 283 Å². The minimum atomic E-state index is -10.7. The largest absolute Gasteiger partial charge is 0.0622 e. The van der Waals surface area contributed by atoms with E-state index in [0.29, 0.717) is 0 Å². The molecule has 0 amide bonds. The Morgan fingerprint density at radius 2 is 0.674 bits per heavy atom. The van der Waals surface area contributed by atoms with Crippen molar-refractivity contribution in [3.63, 3.8) is 0 Å². The van der Waals surface area contributed by atoms with Crippen LogP contribution in [0.25, 0.3) is 0 Å². The summed E-state index contributed by atoms with van der Waals surface area (Å²) in [4.78, 5) is 0. The van der Waals surface area contributed by atoms with Gasteiger partial charge >= 0.3 is 33.0 Å². The first kappa shape index (κ1) is 38.3. The molecule has 4 aromatic rings. The van der Waals surface area contributed by atoms with E-state index in [1.165, 1.54) is 59.2 Å². The molecule has 0 unspecified atom stereocenters. The Kier molecular flexibility index (Phi) is 14.0. The van der Waals surface area contributed by atoms with E-state index in [-0.39, 0.29) is 35.3 Å². The third-order valence-corrected chi connectivity index (χ3v) is 12.5. The van der Waals surface area contributed by atoms with Crippen molar-refractivity contribution in [1.82, 2.24) is 0 Å². The number of hydrogen-bond acceptors (Lipinski definition) is 0. The second-order valence-electron chi connectivity index (χ2n) is 11.0. The molecule has 0 saturated heterocycles. The molecule has 1 radical (unpaired) electrons. The molecule has 10 heteroatoms. The predicted octanol–water partition coefficient (Wildman–Crippen LogP) is 11.6. The molecule has 0 saturated carbocycles. The number of unbranched alkanes of at least 4 members (excludes halogenated alkanes) is 2. The molecule has 0 nitrogen and oxygen atoms in total. The van der Waals surface area contributed by atoms with E-state index in [2.05, 4.69) is 146 Å². The van der Waals surface area contributed by atoms with Gasteiger partial charge in [-0.05, 0) is 80.5 Å². The van der Waals surface area contributed by atoms with Crippen molar-refractivity contribution in [3.05, 3.63) is 146 Å². The molecule has 2 bridgehead atoms. The van der Waals surface area contributed by atoms with Crippen molar-refractivity contribution in [1.29, 1.82) is 0 Å². The Morgan fingerprint density at radius 3 is 0.870 bits per heavy atom. The molecular weight excluding hydrogens is 742 g/mol. The second-order valence-corrected chi connectivity index (χ2v) is 17.6. The molecule has 249 valence electrons. The van der Waals surface area contributed by atoms with Gasteiger partial charge in [-0.25, -0.2) is 0 Å². The van der Waals surface area contributed by atoms with Gasteiger partial charge in [-0.2, -0.15) is 0 Å². The predicted molar refractivity (Wildman–Crippen MR) is 185 cm³/mol. The smallest absolute Gasteiger partial charge is 0 e. The van der Waals surface area contributed by atoms with Crippen LogP contribution in [0.15, 0.2) is 146 Å². The van der Waals surface area contributed by atoms with Gasteiger partial charge in [0.1, 0.15) is 0 Å². The molecule has 0 heterocycles. The number of fused-ring (bicyclic) bond motifs is 2. The van der Waals surface area contributed by atoms with Gasteiger partial charge in [0.05, 0.1) is 0 Å². The fourth-order valence-electron chi connectivity index (χ4n) is 5.29. The summed E-state index contributed by atoms with van der Waals surface area (Å²) in [7, 11) is -11.2. The van der Waals surface area contributed by atoms with Gasteiger partial charge in [-0.3, -0.25) is 0 Å². The Bertz CT molecular complexity index is 1300. The van der Waals surface area contributed by atoms with Crippen LogP contribution in [0.5, 0.6) is 0 Å². The third kappa shape index (κ3) is 15.2. The first-order valence-corrected chi connectivity index (χ1v) is 20.1. The number of rotatable bonds is 10. The van der Waals surface area contributed by atoms with Gasteiger partial charge in [-0.15, -0.1) is 0 Å². The van der Waals surface area contributed by atoms with Crippen LogP contribution in [-0.2, 0) is 19.5 Å². The Balaban J connectivity index is 0.000000315. The van der Waals surface area contributed by atoms with E-state index in [0.717, 1.165) is 11.8 Å². The van der Waals surface area contributed by atoms with Gasteiger partial charge in [-0.1, -0.05) is 152 Å². The molecule has 0 aromatic heterocycles. The minimum absolute atomic E-state index is 0. The normalized spacial score (nSPS) is 17.7. The zero-order chi connectivity index (χ0) is 32.2. The van der Waals surface area contributed by atoms with E-state index >= 15 is 0 Å². The number of benzene rings is 4. The summed E-state index contributed by atoms with van der Waals surface area (Å²) in [5.74, 6) is 1.62. The van der Waals surface area contributed by atoms with Crippen molar-refractivity contribution in [2.45, 2.75) is 25.7 Å². The van der Waals surface area contributed by atoms with Crippen LogP contribution in [0.4, 0.5) is 25.2 Å². The van der Waals surface area contributed by atoms with Crippen molar-refractivity contribution < 1.29 is 44.7 Å². The maximum atomic E-state index is 9.87. The second kappa shape index (κ2) is 16.8. The minimum Gasteiger partial charge on any atom is -0.0622 e. The van der Waals surface area contributed by atoms with Crippen LogP contribution in [0.2, 0.25) is 0 Å². The average Bonchev–Trinajstić information content (AvgIpc) is 3.68. The Morgan fingerprint density at radius 1 is 0.435 bits per heavy atom. The molecule has 0 spiro atoms. The SMILES string of the molecule is C1=CC2C=CC1C2.F[P-](F)(F)(F)(F)F.[Rh].c1ccc(P(CCCCCP(c2ccccc2)c2ccccc2)c2ccccc2)cc1. The summed E-state index contributed by atoms with van der Waals surface area (Å²) in [6.07, 6.45) is 17.0. The van der Waals surface area contributed by atoms with Crippen LogP contribution < -0.4 is 21.2 Å². The van der Waals surface area contributed by atoms with E-state index in [9.17, 15) is 25.2 Å². The van der Waals surface area contributed by atoms with Crippen molar-refractivity contribution in [2.75, 3.05) is 12.3 Å². The quantitative estimate of drug-likeness (QED) is 0.0494. The first-order chi connectivity index (χ1) is 21.3.